The summed E-state index contributed by atoms with van der Waals surface area (Å²) in [5.74, 6) is 0.380. The molecule has 0 saturated carbocycles. The summed E-state index contributed by atoms with van der Waals surface area (Å²) in [5.41, 5.74) is 0.980. The lowest BCUT2D eigenvalue weighted by atomic mass is 10.2. The molecule has 1 aromatic carbocycles. The highest BCUT2D eigenvalue weighted by atomic mass is 79.9. The maximum Gasteiger partial charge on any atom is 0.120 e. The van der Waals surface area contributed by atoms with E-state index in [9.17, 15) is 5.11 Å². The molecule has 0 spiro atoms. The molecule has 1 aromatic rings. The molecular weight excluding hydrogens is 266 g/mol. The lowest BCUT2D eigenvalue weighted by molar-refractivity contribution is 0.312. The molecular formula is C13H20BrNO. The standard InChI is InChI=1S/C13H20BrNO/c1-3-4-5-8-15(2)10-11-9-12(14)6-7-13(11)16/h6-7,9,16H,3-5,8,10H2,1-2H3. The van der Waals surface area contributed by atoms with Gasteiger partial charge in [0, 0.05) is 16.6 Å². The Balaban J connectivity index is 2.48. The minimum atomic E-state index is 0.380. The van der Waals surface area contributed by atoms with Crippen molar-refractivity contribution in [2.24, 2.45) is 0 Å². The van der Waals surface area contributed by atoms with Crippen molar-refractivity contribution in [1.82, 2.24) is 4.90 Å². The summed E-state index contributed by atoms with van der Waals surface area (Å²) in [5, 5.41) is 9.71. The first-order valence-corrected chi connectivity index (χ1v) is 6.58. The van der Waals surface area contributed by atoms with Crippen LogP contribution in [0.3, 0.4) is 0 Å². The van der Waals surface area contributed by atoms with Gasteiger partial charge in [0.25, 0.3) is 0 Å². The predicted octanol–water partition coefficient (Wildman–Crippen LogP) is 3.78. The van der Waals surface area contributed by atoms with Gasteiger partial charge < -0.3 is 10.0 Å². The van der Waals surface area contributed by atoms with Crippen molar-refractivity contribution in [3.8, 4) is 5.75 Å². The van der Waals surface area contributed by atoms with Gasteiger partial charge in [-0.25, -0.2) is 0 Å². The van der Waals surface area contributed by atoms with E-state index in [0.29, 0.717) is 5.75 Å². The number of unbranched alkanes of at least 4 members (excludes halogenated alkanes) is 2. The Labute approximate surface area is 106 Å². The van der Waals surface area contributed by atoms with Crippen LogP contribution in [0.2, 0.25) is 0 Å². The highest BCUT2D eigenvalue weighted by Gasteiger charge is 2.05. The third-order valence-corrected chi connectivity index (χ3v) is 3.12. The zero-order valence-electron chi connectivity index (χ0n) is 10.0. The molecule has 1 N–H and O–H groups in total. The second-order valence-corrected chi connectivity index (χ2v) is 5.13. The van der Waals surface area contributed by atoms with Crippen LogP contribution in [-0.4, -0.2) is 23.6 Å². The van der Waals surface area contributed by atoms with Gasteiger partial charge >= 0.3 is 0 Å². The van der Waals surface area contributed by atoms with Crippen LogP contribution < -0.4 is 0 Å². The van der Waals surface area contributed by atoms with E-state index in [0.717, 1.165) is 23.1 Å². The summed E-state index contributed by atoms with van der Waals surface area (Å²) in [6, 6.07) is 5.57. The Morgan fingerprint density at radius 3 is 2.75 bits per heavy atom. The highest BCUT2D eigenvalue weighted by Crippen LogP contribution is 2.22. The number of hydrogen-bond donors (Lipinski definition) is 1. The summed E-state index contributed by atoms with van der Waals surface area (Å²) in [6.45, 7) is 4.09. The topological polar surface area (TPSA) is 23.5 Å². The Bertz CT molecular complexity index is 328. The van der Waals surface area contributed by atoms with E-state index < -0.39 is 0 Å². The minimum absolute atomic E-state index is 0.380. The van der Waals surface area contributed by atoms with Crippen LogP contribution in [0.1, 0.15) is 31.7 Å². The van der Waals surface area contributed by atoms with Gasteiger partial charge in [0.15, 0.2) is 0 Å². The quantitative estimate of drug-likeness (QED) is 0.804. The van der Waals surface area contributed by atoms with Gasteiger partial charge in [-0.15, -0.1) is 0 Å². The van der Waals surface area contributed by atoms with Gasteiger partial charge in [0.05, 0.1) is 0 Å². The van der Waals surface area contributed by atoms with Crippen LogP contribution in [-0.2, 0) is 6.54 Å². The fraction of sp³-hybridized carbons (Fsp3) is 0.538. The molecule has 0 aliphatic carbocycles. The molecule has 90 valence electrons. The van der Waals surface area contributed by atoms with Crippen molar-refractivity contribution >= 4 is 15.9 Å². The molecule has 0 bridgehead atoms. The molecule has 1 rings (SSSR count). The van der Waals surface area contributed by atoms with Crippen molar-refractivity contribution in [2.75, 3.05) is 13.6 Å². The summed E-state index contributed by atoms with van der Waals surface area (Å²) < 4.78 is 1.02. The third-order valence-electron chi connectivity index (χ3n) is 2.63. The number of phenols is 1. The van der Waals surface area contributed by atoms with Crippen LogP contribution in [0.5, 0.6) is 5.75 Å². The van der Waals surface area contributed by atoms with Gasteiger partial charge in [-0.2, -0.15) is 0 Å². The lowest BCUT2D eigenvalue weighted by Gasteiger charge is -2.17. The lowest BCUT2D eigenvalue weighted by Crippen LogP contribution is -2.19. The first-order valence-electron chi connectivity index (χ1n) is 5.79. The molecule has 16 heavy (non-hydrogen) atoms. The second kappa shape index (κ2) is 6.92. The van der Waals surface area contributed by atoms with Crippen LogP contribution in [0.25, 0.3) is 0 Å². The first kappa shape index (κ1) is 13.5. The van der Waals surface area contributed by atoms with Gasteiger partial charge in [-0.3, -0.25) is 0 Å². The molecule has 0 amide bonds. The smallest absolute Gasteiger partial charge is 0.120 e. The Hall–Kier alpha value is -0.540. The maximum absolute atomic E-state index is 9.71. The monoisotopic (exact) mass is 285 g/mol. The van der Waals surface area contributed by atoms with E-state index in [1.165, 1.54) is 19.3 Å². The molecule has 0 unspecified atom stereocenters. The average molecular weight is 286 g/mol. The fourth-order valence-electron chi connectivity index (χ4n) is 1.68. The zero-order chi connectivity index (χ0) is 12.0. The number of rotatable bonds is 6. The van der Waals surface area contributed by atoms with Gasteiger partial charge in [-0.1, -0.05) is 35.7 Å². The molecule has 0 aliphatic rings. The molecule has 0 aliphatic heterocycles. The van der Waals surface area contributed by atoms with Crippen LogP contribution in [0, 0.1) is 0 Å². The van der Waals surface area contributed by atoms with E-state index >= 15 is 0 Å². The molecule has 0 radical (unpaired) electrons. The first-order chi connectivity index (χ1) is 7.63. The van der Waals surface area contributed by atoms with Crippen molar-refractivity contribution in [2.45, 2.75) is 32.7 Å². The number of aromatic hydroxyl groups is 1. The molecule has 0 aromatic heterocycles. The minimum Gasteiger partial charge on any atom is -0.508 e. The summed E-state index contributed by atoms with van der Waals surface area (Å²) in [4.78, 5) is 2.25. The van der Waals surface area contributed by atoms with Crippen LogP contribution >= 0.6 is 15.9 Å². The van der Waals surface area contributed by atoms with E-state index in [1.807, 2.05) is 12.1 Å². The normalized spacial score (nSPS) is 11.0. The van der Waals surface area contributed by atoms with Crippen LogP contribution in [0.4, 0.5) is 0 Å². The summed E-state index contributed by atoms with van der Waals surface area (Å²) in [6.07, 6.45) is 3.74. The molecule has 0 saturated heterocycles. The van der Waals surface area contributed by atoms with Crippen LogP contribution in [0.15, 0.2) is 22.7 Å². The Morgan fingerprint density at radius 2 is 2.06 bits per heavy atom. The Kier molecular flexibility index (Phi) is 5.85. The molecule has 2 nitrogen and oxygen atoms in total. The van der Waals surface area contributed by atoms with Crippen molar-refractivity contribution in [3.63, 3.8) is 0 Å². The average Bonchev–Trinajstić information content (AvgIpc) is 2.24. The summed E-state index contributed by atoms with van der Waals surface area (Å²) >= 11 is 3.42. The van der Waals surface area contributed by atoms with E-state index in [1.54, 1.807) is 6.07 Å². The van der Waals surface area contributed by atoms with Crippen molar-refractivity contribution in [1.29, 1.82) is 0 Å². The van der Waals surface area contributed by atoms with Gasteiger partial charge in [0.1, 0.15) is 5.75 Å². The maximum atomic E-state index is 9.71. The number of hydrogen-bond acceptors (Lipinski definition) is 2. The largest absolute Gasteiger partial charge is 0.508 e. The molecule has 0 heterocycles. The third kappa shape index (κ3) is 4.54. The zero-order valence-corrected chi connectivity index (χ0v) is 11.6. The van der Waals surface area contributed by atoms with Gasteiger partial charge in [-0.05, 0) is 38.2 Å². The number of phenolic OH excluding ortho intramolecular Hbond substituents is 1. The number of nitrogens with zero attached hydrogens (tertiary/aromatic N) is 1. The Morgan fingerprint density at radius 1 is 1.31 bits per heavy atom. The number of benzene rings is 1. The fourth-order valence-corrected chi connectivity index (χ4v) is 2.09. The van der Waals surface area contributed by atoms with E-state index in [2.05, 4.69) is 34.8 Å². The number of halogens is 1. The van der Waals surface area contributed by atoms with Crippen molar-refractivity contribution < 1.29 is 5.11 Å². The van der Waals surface area contributed by atoms with Gasteiger partial charge in [0.2, 0.25) is 0 Å². The molecule has 0 atom stereocenters. The predicted molar refractivity (Wildman–Crippen MR) is 71.7 cm³/mol. The second-order valence-electron chi connectivity index (χ2n) is 4.22. The molecule has 3 heteroatoms. The summed E-state index contributed by atoms with van der Waals surface area (Å²) in [7, 11) is 2.09. The van der Waals surface area contributed by atoms with E-state index in [-0.39, 0.29) is 0 Å². The van der Waals surface area contributed by atoms with E-state index in [4.69, 9.17) is 0 Å². The molecule has 0 fully saturated rings. The van der Waals surface area contributed by atoms with Crippen molar-refractivity contribution in [3.05, 3.63) is 28.2 Å². The SMILES string of the molecule is CCCCCN(C)Cc1cc(Br)ccc1O. The highest BCUT2D eigenvalue weighted by molar-refractivity contribution is 9.10.